The lowest BCUT2D eigenvalue weighted by Gasteiger charge is -2.68. The first-order chi connectivity index (χ1) is 40.9. The lowest BCUT2D eigenvalue weighted by Crippen LogP contribution is -2.82. The van der Waals surface area contributed by atoms with Crippen LogP contribution in [0.2, 0.25) is 18.1 Å². The Labute approximate surface area is 504 Å². The van der Waals surface area contributed by atoms with Crippen molar-refractivity contribution in [2.75, 3.05) is 46.0 Å². The normalized spacial score (nSPS) is 31.7. The molecule has 3 aromatic carbocycles. The molecule has 2 unspecified atom stereocenters. The molecule has 4 aliphatic heterocycles. The van der Waals surface area contributed by atoms with E-state index >= 15 is 23.6 Å². The van der Waals surface area contributed by atoms with Gasteiger partial charge in [0.15, 0.2) is 31.9 Å². The molecule has 11 atom stereocenters. The number of aliphatic hydroxyl groups is 1. The molecule has 2 amide bonds. The predicted molar refractivity (Wildman–Crippen MR) is 313 cm³/mol. The Kier molecular flexibility index (Phi) is 17.9. The monoisotopic (exact) mass is 1210 g/mol. The van der Waals surface area contributed by atoms with Gasteiger partial charge in [0, 0.05) is 63.0 Å². The zero-order chi connectivity index (χ0) is 61.7. The van der Waals surface area contributed by atoms with Crippen molar-refractivity contribution in [1.82, 2.24) is 14.7 Å². The Morgan fingerprint density at radius 1 is 0.802 bits per heavy atom. The molecule has 0 radical (unpaired) electrons. The molecule has 10 rings (SSSR count). The van der Waals surface area contributed by atoms with Crippen molar-refractivity contribution in [1.29, 1.82) is 0 Å². The number of piperidine rings is 1. The molecule has 2 saturated carbocycles. The fourth-order valence-electron chi connectivity index (χ4n) is 15.3. The summed E-state index contributed by atoms with van der Waals surface area (Å²) in [5, 5.41) is 14.7. The molecule has 466 valence electrons. The van der Waals surface area contributed by atoms with E-state index < -0.39 is 133 Å². The van der Waals surface area contributed by atoms with E-state index in [0.29, 0.717) is 62.8 Å². The van der Waals surface area contributed by atoms with Gasteiger partial charge < -0.3 is 52.3 Å². The first-order valence-electron chi connectivity index (χ1n) is 30.5. The Morgan fingerprint density at radius 3 is 2.03 bits per heavy atom. The van der Waals surface area contributed by atoms with Crippen molar-refractivity contribution in [3.05, 3.63) is 119 Å². The molecular weight excluding hydrogens is 1130 g/mol. The Hall–Kier alpha value is -6.07. The van der Waals surface area contributed by atoms with Crippen LogP contribution in [-0.2, 0) is 63.3 Å². The average Bonchev–Trinajstić information content (AvgIpc) is 0.804. The maximum absolute atomic E-state index is 17.2. The lowest BCUT2D eigenvalue weighted by molar-refractivity contribution is -0.344. The zero-order valence-electron chi connectivity index (χ0n) is 51.2. The van der Waals surface area contributed by atoms with Gasteiger partial charge in [-0.1, -0.05) is 101 Å². The van der Waals surface area contributed by atoms with Gasteiger partial charge in [-0.05, 0) is 93.6 Å². The SMILES string of the molecule is CC[Si](CC)(CC)O[C@H]1C[C@H]2OC[C@@]2(OC(C)=O)C2C(OC(=O)c3ccccc3)[C@]3(O)C[C@H](OC(=O)[C@@H]4OC(C)(C)N(C(=O)OCc5ccccc5)[C@H]4c4ccccc4F)C(C)=C([C@@H](OC(=O)N4CCC(N5CCOCC5)CC4)C(=O)[C@@]21C)C3(C)C. The number of hydrogen-bond donors (Lipinski definition) is 1. The number of ketones is 1. The summed E-state index contributed by atoms with van der Waals surface area (Å²) in [6.45, 7) is 20.1. The number of amides is 2. The number of carbonyl (C=O) groups excluding carboxylic acids is 6. The van der Waals surface area contributed by atoms with E-state index in [-0.39, 0.29) is 47.9 Å². The van der Waals surface area contributed by atoms with Crippen molar-refractivity contribution in [2.24, 2.45) is 16.7 Å². The van der Waals surface area contributed by atoms with Gasteiger partial charge in [0.25, 0.3) is 0 Å². The summed E-state index contributed by atoms with van der Waals surface area (Å²) in [6.07, 6.45) is -9.81. The topological polar surface area (TPSA) is 215 Å². The van der Waals surface area contributed by atoms with Crippen molar-refractivity contribution >= 4 is 44.2 Å². The average molecular weight is 1210 g/mol. The molecule has 21 heteroatoms. The Bertz CT molecular complexity index is 3050. The van der Waals surface area contributed by atoms with Crippen LogP contribution in [0.4, 0.5) is 14.0 Å². The number of Topliss-reactive ketones (excluding diaryl/α,β-unsaturated/α-hetero) is 1. The van der Waals surface area contributed by atoms with Crippen LogP contribution in [0, 0.1) is 22.6 Å². The fraction of sp³-hybridized carbons (Fsp3) is 0.600. The van der Waals surface area contributed by atoms with E-state index in [2.05, 4.69) is 25.7 Å². The van der Waals surface area contributed by atoms with Gasteiger partial charge in [-0.3, -0.25) is 19.4 Å². The highest BCUT2D eigenvalue weighted by atomic mass is 28.4. The minimum Gasteiger partial charge on any atom is -0.456 e. The standard InChI is InChI=1S/C65H84FN3O16Si/c1-11-86(12-2,13-3)85-48-36-49-64(39-79-49,83-41(5)70)54-56(82-57(72)43-24-18-15-19-25-43)65(76)37-47(80-58(73)53-51(45-26-20-21-27-46(45)66)69(62(8,9)84-53)60(75)78-38-42-22-16-14-17-23-42)40(4)50(61(65,6)7)52(55(71)63(48,54)10)81-59(74)68-30-28-44(29-31-68)67-32-34-77-35-33-67/h14-27,44,47-49,51-54,56,76H,11-13,28-39H2,1-10H3/t47-,48-,49+,51-,52+,53+,54?,56?,63+,64-,65+/m0/s1. The molecule has 0 aromatic heterocycles. The van der Waals surface area contributed by atoms with Crippen molar-refractivity contribution in [2.45, 2.75) is 185 Å². The van der Waals surface area contributed by atoms with Crippen LogP contribution in [0.25, 0.3) is 0 Å². The molecule has 4 heterocycles. The van der Waals surface area contributed by atoms with E-state index in [1.165, 1.54) is 25.1 Å². The van der Waals surface area contributed by atoms with Crippen LogP contribution in [-0.4, -0.2) is 170 Å². The maximum atomic E-state index is 17.2. The van der Waals surface area contributed by atoms with Crippen LogP contribution >= 0.6 is 0 Å². The summed E-state index contributed by atoms with van der Waals surface area (Å²) in [5.74, 6) is -5.61. The summed E-state index contributed by atoms with van der Waals surface area (Å²) in [5.41, 5.74) is -8.45. The number of rotatable bonds is 15. The number of halogens is 1. The van der Waals surface area contributed by atoms with Crippen molar-refractivity contribution in [3.8, 4) is 0 Å². The molecule has 2 bridgehead atoms. The van der Waals surface area contributed by atoms with E-state index in [9.17, 15) is 14.7 Å². The number of esters is 3. The number of nitrogens with zero attached hydrogens (tertiary/aromatic N) is 3. The van der Waals surface area contributed by atoms with Gasteiger partial charge in [-0.15, -0.1) is 0 Å². The largest absolute Gasteiger partial charge is 0.456 e. The number of benzene rings is 3. The predicted octanol–water partition coefficient (Wildman–Crippen LogP) is 9.26. The Balaban J connectivity index is 1.14. The number of fused-ring (bicyclic) bond motifs is 5. The summed E-state index contributed by atoms with van der Waals surface area (Å²) >= 11 is 0. The molecule has 86 heavy (non-hydrogen) atoms. The van der Waals surface area contributed by atoms with Gasteiger partial charge in [-0.2, -0.15) is 0 Å². The minimum absolute atomic E-state index is 0.0493. The second-order valence-corrected chi connectivity index (χ2v) is 30.2. The first kappa shape index (κ1) is 63.0. The number of hydrogen-bond acceptors (Lipinski definition) is 17. The fourth-order valence-corrected chi connectivity index (χ4v) is 18.2. The second-order valence-electron chi connectivity index (χ2n) is 25.5. The summed E-state index contributed by atoms with van der Waals surface area (Å²) in [7, 11) is -2.74. The van der Waals surface area contributed by atoms with Crippen LogP contribution < -0.4 is 0 Å². The van der Waals surface area contributed by atoms with E-state index in [0.717, 1.165) is 18.0 Å². The molecule has 3 aromatic rings. The number of morpholine rings is 1. The third kappa shape index (κ3) is 11.1. The van der Waals surface area contributed by atoms with Crippen molar-refractivity contribution < 1.29 is 80.6 Å². The zero-order valence-corrected chi connectivity index (χ0v) is 52.2. The van der Waals surface area contributed by atoms with Gasteiger partial charge in [0.05, 0.1) is 42.8 Å². The molecular formula is C65H84FN3O16Si. The summed E-state index contributed by atoms with van der Waals surface area (Å²) < 4.78 is 75.0. The van der Waals surface area contributed by atoms with E-state index in [4.69, 9.17) is 42.3 Å². The molecule has 0 spiro atoms. The molecule has 3 aliphatic carbocycles. The molecule has 19 nitrogen and oxygen atoms in total. The highest BCUT2D eigenvalue weighted by Crippen LogP contribution is 2.65. The maximum Gasteiger partial charge on any atom is 0.413 e. The smallest absolute Gasteiger partial charge is 0.413 e. The third-order valence-corrected chi connectivity index (χ3v) is 25.0. The third-order valence-electron chi connectivity index (χ3n) is 20.4. The van der Waals surface area contributed by atoms with Gasteiger partial charge in [0.2, 0.25) is 0 Å². The van der Waals surface area contributed by atoms with Crippen LogP contribution in [0.1, 0.15) is 122 Å². The van der Waals surface area contributed by atoms with Crippen LogP contribution in [0.15, 0.2) is 96.1 Å². The molecule has 1 N–H and O–H groups in total. The second kappa shape index (κ2) is 24.5. The van der Waals surface area contributed by atoms with Crippen LogP contribution in [0.5, 0.6) is 0 Å². The van der Waals surface area contributed by atoms with E-state index in [1.807, 2.05) is 6.07 Å². The summed E-state index contributed by atoms with van der Waals surface area (Å²) in [6, 6.07) is 23.5. The highest BCUT2D eigenvalue weighted by molar-refractivity contribution is 6.73. The minimum atomic E-state index is -2.74. The summed E-state index contributed by atoms with van der Waals surface area (Å²) in [4.78, 5) is 96.4. The lowest BCUT2D eigenvalue weighted by atomic mass is 9.44. The molecule has 4 saturated heterocycles. The quantitative estimate of drug-likeness (QED) is 0.0649. The Morgan fingerprint density at radius 2 is 1.43 bits per heavy atom. The van der Waals surface area contributed by atoms with E-state index in [1.54, 1.807) is 107 Å². The molecule has 6 fully saturated rings. The van der Waals surface area contributed by atoms with Crippen LogP contribution in [0.3, 0.4) is 0 Å². The number of carbonyl (C=O) groups is 6. The van der Waals surface area contributed by atoms with Gasteiger partial charge in [0.1, 0.15) is 48.1 Å². The highest BCUT2D eigenvalue weighted by Gasteiger charge is 2.79. The van der Waals surface area contributed by atoms with Gasteiger partial charge in [-0.25, -0.2) is 23.6 Å². The van der Waals surface area contributed by atoms with Crippen molar-refractivity contribution in [3.63, 3.8) is 0 Å². The molecule has 7 aliphatic rings. The number of likely N-dealkylation sites (tertiary alicyclic amines) is 1. The van der Waals surface area contributed by atoms with Gasteiger partial charge >= 0.3 is 30.1 Å². The first-order valence-corrected chi connectivity index (χ1v) is 33.1. The number of ether oxygens (including phenoxy) is 8.